The number of aromatic amines is 3. The molecule has 12 heteroatoms. The van der Waals surface area contributed by atoms with Gasteiger partial charge in [0, 0.05) is 39.2 Å². The monoisotopic (exact) mass is 643 g/mol. The molecule has 0 saturated heterocycles. The van der Waals surface area contributed by atoms with Crippen molar-refractivity contribution in [1.82, 2.24) is 15.0 Å². The molecule has 0 amide bonds. The normalized spacial score (nSPS) is 9.86. The number of carboxylic acids is 1. The van der Waals surface area contributed by atoms with Crippen molar-refractivity contribution < 1.29 is 24.1 Å². The number of methoxy groups -OCH3 is 1. The Bertz CT molecular complexity index is 2130. The van der Waals surface area contributed by atoms with Crippen LogP contribution in [-0.2, 0) is 9.39 Å². The van der Waals surface area contributed by atoms with E-state index < -0.39 is 11.9 Å². The summed E-state index contributed by atoms with van der Waals surface area (Å²) in [6.07, 6.45) is 4.69. The van der Waals surface area contributed by atoms with E-state index in [-0.39, 0.29) is 22.2 Å². The first kappa shape index (κ1) is 32.0. The van der Waals surface area contributed by atoms with Gasteiger partial charge in [-0.15, -0.1) is 0 Å². The Morgan fingerprint density at radius 1 is 0.674 bits per heavy atom. The summed E-state index contributed by atoms with van der Waals surface area (Å²) in [5.41, 5.74) is 0.210. The summed E-state index contributed by atoms with van der Waals surface area (Å²) in [7, 11) is 1.32. The molecule has 3 aromatic heterocycles. The number of hydrogen-bond donors (Lipinski definition) is 4. The zero-order valence-electron chi connectivity index (χ0n) is 22.3. The number of carbonyl (C=O) groups excluding carboxylic acids is 1. The van der Waals surface area contributed by atoms with E-state index in [9.17, 15) is 24.0 Å². The molecule has 0 aliphatic carbocycles. The number of benzene rings is 3. The van der Waals surface area contributed by atoms with Gasteiger partial charge in [-0.05, 0) is 89.0 Å². The molecule has 0 bridgehead atoms. The van der Waals surface area contributed by atoms with Crippen LogP contribution in [0.15, 0.2) is 110 Å². The van der Waals surface area contributed by atoms with E-state index in [1.54, 1.807) is 48.8 Å². The molecular weight excluding hydrogens is 622 g/mol. The SMILES string of the molecule is COC(=O)c1ccc2c(=O)[nH]ccc2c1.O=C(O)c1ccc2c(=O)[nH]ccc2c1.O=c1[nH]ccc2cc(Br)ccc12.[C-]#[O+]. The Morgan fingerprint density at radius 2 is 1.07 bits per heavy atom. The maximum absolute atomic E-state index is 11.4. The summed E-state index contributed by atoms with van der Waals surface area (Å²) in [4.78, 5) is 63.4. The average molecular weight is 644 g/mol. The number of H-pyrrole nitrogens is 3. The van der Waals surface area contributed by atoms with Gasteiger partial charge in [-0.25, -0.2) is 9.59 Å². The Labute approximate surface area is 250 Å². The number of halogens is 1. The summed E-state index contributed by atoms with van der Waals surface area (Å²) in [6.45, 7) is 4.50. The maximum atomic E-state index is 11.4. The second kappa shape index (κ2) is 14.9. The second-order valence-electron chi connectivity index (χ2n) is 8.55. The molecule has 3 aromatic carbocycles. The Kier molecular flexibility index (Phi) is 11.1. The third kappa shape index (κ3) is 8.02. The van der Waals surface area contributed by atoms with Crippen molar-refractivity contribution in [2.75, 3.05) is 7.11 Å². The topological polar surface area (TPSA) is 182 Å². The van der Waals surface area contributed by atoms with Crippen molar-refractivity contribution in [1.29, 1.82) is 0 Å². The number of fused-ring (bicyclic) bond motifs is 3. The van der Waals surface area contributed by atoms with Crippen molar-refractivity contribution >= 4 is 60.2 Å². The molecule has 216 valence electrons. The fourth-order valence-corrected chi connectivity index (χ4v) is 4.30. The molecular formula is C31H22BrN3O8. The van der Waals surface area contributed by atoms with Crippen molar-refractivity contribution in [2.45, 2.75) is 0 Å². The molecule has 3 heterocycles. The van der Waals surface area contributed by atoms with Gasteiger partial charge in [-0.1, -0.05) is 15.9 Å². The van der Waals surface area contributed by atoms with Crippen LogP contribution >= 0.6 is 15.9 Å². The molecule has 11 nitrogen and oxygen atoms in total. The quantitative estimate of drug-likeness (QED) is 0.119. The zero-order valence-corrected chi connectivity index (χ0v) is 23.9. The van der Waals surface area contributed by atoms with Gasteiger partial charge in [0.2, 0.25) is 0 Å². The number of carboxylic acid groups (broad SMARTS) is 1. The van der Waals surface area contributed by atoms with E-state index in [4.69, 9.17) is 9.76 Å². The predicted molar refractivity (Wildman–Crippen MR) is 164 cm³/mol. The van der Waals surface area contributed by atoms with Gasteiger partial charge in [0.1, 0.15) is 0 Å². The van der Waals surface area contributed by atoms with Crippen LogP contribution in [0.4, 0.5) is 0 Å². The van der Waals surface area contributed by atoms with Crippen LogP contribution in [0.2, 0.25) is 0 Å². The molecule has 0 aliphatic rings. The van der Waals surface area contributed by atoms with Gasteiger partial charge in [-0.3, -0.25) is 14.4 Å². The van der Waals surface area contributed by atoms with Crippen LogP contribution < -0.4 is 16.7 Å². The third-order valence-electron chi connectivity index (χ3n) is 5.95. The Balaban J connectivity index is 0.000000172. The first-order valence-corrected chi connectivity index (χ1v) is 13.0. The fraction of sp³-hybridized carbons (Fsp3) is 0.0323. The molecule has 0 spiro atoms. The number of aromatic carboxylic acids is 1. The van der Waals surface area contributed by atoms with Crippen molar-refractivity contribution in [2.24, 2.45) is 0 Å². The number of nitrogens with one attached hydrogen (secondary N) is 3. The molecule has 0 fully saturated rings. The van der Waals surface area contributed by atoms with E-state index in [2.05, 4.69) is 42.3 Å². The van der Waals surface area contributed by atoms with Crippen molar-refractivity contribution in [3.05, 3.63) is 145 Å². The number of hydrogen-bond acceptors (Lipinski definition) is 6. The molecule has 6 rings (SSSR count). The van der Waals surface area contributed by atoms with Gasteiger partial charge >= 0.3 is 23.2 Å². The number of rotatable bonds is 2. The van der Waals surface area contributed by atoms with Crippen molar-refractivity contribution in [3.63, 3.8) is 0 Å². The van der Waals surface area contributed by atoms with E-state index >= 15 is 0 Å². The van der Waals surface area contributed by atoms with Crippen LogP contribution in [0.5, 0.6) is 0 Å². The van der Waals surface area contributed by atoms with E-state index in [1.807, 2.05) is 18.2 Å². The first-order valence-electron chi connectivity index (χ1n) is 12.2. The molecule has 4 N–H and O–H groups in total. The summed E-state index contributed by atoms with van der Waals surface area (Å²) in [5, 5.41) is 12.8. The minimum absolute atomic E-state index is 0.0417. The minimum atomic E-state index is -0.993. The summed E-state index contributed by atoms with van der Waals surface area (Å²) >= 11 is 3.34. The molecule has 0 radical (unpaired) electrons. The summed E-state index contributed by atoms with van der Waals surface area (Å²) in [5.74, 6) is -1.40. The molecule has 43 heavy (non-hydrogen) atoms. The molecule has 6 aromatic rings. The van der Waals surface area contributed by atoms with E-state index in [1.165, 1.54) is 31.5 Å². The molecule has 0 unspecified atom stereocenters. The third-order valence-corrected chi connectivity index (χ3v) is 6.44. The van der Waals surface area contributed by atoms with Crippen molar-refractivity contribution in [3.8, 4) is 0 Å². The van der Waals surface area contributed by atoms with E-state index in [0.29, 0.717) is 21.7 Å². The number of pyridine rings is 3. The van der Waals surface area contributed by atoms with Gasteiger partial charge < -0.3 is 24.8 Å². The first-order chi connectivity index (χ1) is 20.7. The van der Waals surface area contributed by atoms with Gasteiger partial charge in [-0.2, -0.15) is 0 Å². The van der Waals surface area contributed by atoms with Crippen LogP contribution in [-0.4, -0.2) is 39.1 Å². The van der Waals surface area contributed by atoms with Crippen LogP contribution in [0.1, 0.15) is 20.7 Å². The number of ether oxygens (including phenoxy) is 1. The molecule has 0 saturated carbocycles. The standard InChI is InChI=1S/C11H9NO3.C10H7NO3.C9H6BrNO.CO/c1-15-11(14)8-2-3-9-7(6-8)4-5-12-10(9)13;12-9-8-2-1-7(10(13)14)5-6(8)3-4-11-9;10-7-1-2-8-6(5-7)3-4-11-9(8)12;1-2/h2-6H,1H3,(H,12,13);1-5H,(H,11,12)(H,13,14);1-5H,(H,11,12);. The predicted octanol–water partition coefficient (Wildman–Crippen LogP) is 4.79. The average Bonchev–Trinajstić information content (AvgIpc) is 3.02. The fourth-order valence-electron chi connectivity index (χ4n) is 3.93. The van der Waals surface area contributed by atoms with Crippen LogP contribution in [0, 0.1) is 6.65 Å². The number of aromatic nitrogens is 3. The van der Waals surface area contributed by atoms with Gasteiger partial charge in [0.15, 0.2) is 0 Å². The van der Waals surface area contributed by atoms with Crippen LogP contribution in [0.25, 0.3) is 32.3 Å². The van der Waals surface area contributed by atoms with Gasteiger partial charge in [0.25, 0.3) is 16.7 Å². The molecule has 0 atom stereocenters. The van der Waals surface area contributed by atoms with E-state index in [0.717, 1.165) is 20.6 Å². The molecule has 0 aliphatic heterocycles. The Hall–Kier alpha value is -5.55. The van der Waals surface area contributed by atoms with Gasteiger partial charge in [0.05, 0.1) is 18.2 Å². The summed E-state index contributed by atoms with van der Waals surface area (Å²) < 4.78 is 13.1. The Morgan fingerprint density at radius 3 is 1.51 bits per heavy atom. The summed E-state index contributed by atoms with van der Waals surface area (Å²) in [6, 6.07) is 20.1. The number of carbonyl (C=O) groups is 2. The van der Waals surface area contributed by atoms with Crippen LogP contribution in [0.3, 0.4) is 0 Å². The second-order valence-corrected chi connectivity index (χ2v) is 9.47. The number of esters is 1. The zero-order chi connectivity index (χ0) is 31.5.